The Kier molecular flexibility index (Phi) is 3.81. The molecule has 0 bridgehead atoms. The molecule has 1 aromatic carbocycles. The van der Waals surface area contributed by atoms with E-state index in [4.69, 9.17) is 0 Å². The fourth-order valence-corrected chi connectivity index (χ4v) is 2.73. The number of nitrogens with zero attached hydrogens (tertiary/aromatic N) is 1. The Morgan fingerprint density at radius 3 is 2.32 bits per heavy atom. The van der Waals surface area contributed by atoms with Gasteiger partial charge in [-0.15, -0.1) is 11.3 Å². The Balaban J connectivity index is 2.27. The maximum absolute atomic E-state index is 12.3. The monoisotopic (exact) mass is 273 g/mol. The highest BCUT2D eigenvalue weighted by Gasteiger charge is 2.13. The quantitative estimate of drug-likeness (QED) is 0.633. The fraction of sp³-hybridized carbons (Fsp3) is 0.200. The number of thiophene rings is 1. The maximum Gasteiger partial charge on any atom is 0.213 e. The predicted octanol–water partition coefficient (Wildman–Crippen LogP) is 3.19. The molecule has 2 aromatic rings. The van der Waals surface area contributed by atoms with Crippen molar-refractivity contribution in [3.63, 3.8) is 0 Å². The highest BCUT2D eigenvalue weighted by atomic mass is 32.1. The summed E-state index contributed by atoms with van der Waals surface area (Å²) in [7, 11) is 1.68. The molecule has 0 aliphatic heterocycles. The minimum atomic E-state index is 0.0292. The number of anilines is 1. The van der Waals surface area contributed by atoms with E-state index in [-0.39, 0.29) is 5.78 Å². The molecule has 0 unspecified atom stereocenters. The van der Waals surface area contributed by atoms with Crippen LogP contribution in [0.15, 0.2) is 30.3 Å². The van der Waals surface area contributed by atoms with Gasteiger partial charge in [-0.1, -0.05) is 0 Å². The van der Waals surface area contributed by atoms with Crippen molar-refractivity contribution in [3.05, 3.63) is 51.2 Å². The Labute approximate surface area is 116 Å². The summed E-state index contributed by atoms with van der Waals surface area (Å²) < 4.78 is 0. The van der Waals surface area contributed by atoms with E-state index in [1.54, 1.807) is 31.3 Å². The summed E-state index contributed by atoms with van der Waals surface area (Å²) in [5.74, 6) is 0.0292. The zero-order chi connectivity index (χ0) is 14.0. The minimum absolute atomic E-state index is 0.0292. The molecule has 0 spiro atoms. The van der Waals surface area contributed by atoms with Gasteiger partial charge in [-0.05, 0) is 49.7 Å². The van der Waals surface area contributed by atoms with Crippen LogP contribution >= 0.6 is 11.3 Å². The van der Waals surface area contributed by atoms with E-state index in [9.17, 15) is 9.59 Å². The van der Waals surface area contributed by atoms with E-state index in [1.807, 2.05) is 19.9 Å². The second-order valence-electron chi connectivity index (χ2n) is 4.44. The number of benzene rings is 1. The molecular formula is C15H15NO2S. The van der Waals surface area contributed by atoms with Crippen molar-refractivity contribution in [2.24, 2.45) is 0 Å². The zero-order valence-electron chi connectivity index (χ0n) is 11.1. The van der Waals surface area contributed by atoms with Gasteiger partial charge in [0.25, 0.3) is 0 Å². The van der Waals surface area contributed by atoms with Gasteiger partial charge in [0.2, 0.25) is 12.2 Å². The molecule has 0 aliphatic rings. The number of carbonyl (C=O) groups excluding carboxylic acids is 2. The first-order chi connectivity index (χ1) is 9.02. The van der Waals surface area contributed by atoms with Crippen molar-refractivity contribution in [2.75, 3.05) is 11.9 Å². The first kappa shape index (κ1) is 13.5. The van der Waals surface area contributed by atoms with Crippen LogP contribution in [0.4, 0.5) is 5.69 Å². The second-order valence-corrected chi connectivity index (χ2v) is 5.70. The Hall–Kier alpha value is -1.94. The predicted molar refractivity (Wildman–Crippen MR) is 78.1 cm³/mol. The number of aryl methyl sites for hydroxylation is 2. The maximum atomic E-state index is 12.3. The number of ketones is 1. The van der Waals surface area contributed by atoms with Gasteiger partial charge in [-0.3, -0.25) is 9.59 Å². The van der Waals surface area contributed by atoms with Gasteiger partial charge in [-0.2, -0.15) is 0 Å². The van der Waals surface area contributed by atoms with Gasteiger partial charge in [0.15, 0.2) is 0 Å². The summed E-state index contributed by atoms with van der Waals surface area (Å²) >= 11 is 1.52. The summed E-state index contributed by atoms with van der Waals surface area (Å²) in [6.07, 6.45) is 0.739. The van der Waals surface area contributed by atoms with Crippen molar-refractivity contribution in [1.82, 2.24) is 0 Å². The van der Waals surface area contributed by atoms with Gasteiger partial charge in [0, 0.05) is 23.2 Å². The van der Waals surface area contributed by atoms with Crippen LogP contribution in [0.3, 0.4) is 0 Å². The number of amides is 1. The van der Waals surface area contributed by atoms with Gasteiger partial charge in [0.05, 0.1) is 4.88 Å². The summed E-state index contributed by atoms with van der Waals surface area (Å²) in [5.41, 5.74) is 2.56. The van der Waals surface area contributed by atoms with Crippen LogP contribution in [0, 0.1) is 13.8 Å². The Morgan fingerprint density at radius 1 is 1.21 bits per heavy atom. The second kappa shape index (κ2) is 5.36. The Morgan fingerprint density at radius 2 is 1.84 bits per heavy atom. The van der Waals surface area contributed by atoms with Crippen molar-refractivity contribution in [2.45, 2.75) is 13.8 Å². The van der Waals surface area contributed by atoms with Crippen LogP contribution in [0.25, 0.3) is 0 Å². The van der Waals surface area contributed by atoms with Crippen LogP contribution in [0.5, 0.6) is 0 Å². The topological polar surface area (TPSA) is 37.4 Å². The molecule has 0 radical (unpaired) electrons. The van der Waals surface area contributed by atoms with Crippen molar-refractivity contribution in [3.8, 4) is 0 Å². The van der Waals surface area contributed by atoms with E-state index in [2.05, 4.69) is 0 Å². The smallest absolute Gasteiger partial charge is 0.213 e. The molecule has 3 nitrogen and oxygen atoms in total. The average Bonchev–Trinajstić information content (AvgIpc) is 2.77. The lowest BCUT2D eigenvalue weighted by Gasteiger charge is -2.10. The summed E-state index contributed by atoms with van der Waals surface area (Å²) in [6.45, 7) is 4.02. The SMILES string of the molecule is Cc1cc(C(=O)c2ccc(N(C)C=O)cc2)sc1C. The first-order valence-electron chi connectivity index (χ1n) is 5.93. The molecule has 0 saturated heterocycles. The third-order valence-electron chi connectivity index (χ3n) is 3.08. The van der Waals surface area contributed by atoms with Crippen LogP contribution in [-0.2, 0) is 4.79 Å². The number of hydrogen-bond donors (Lipinski definition) is 0. The molecule has 0 N–H and O–H groups in total. The van der Waals surface area contributed by atoms with Crippen LogP contribution < -0.4 is 4.90 Å². The molecule has 19 heavy (non-hydrogen) atoms. The molecule has 0 saturated carbocycles. The molecule has 0 atom stereocenters. The molecule has 1 aromatic heterocycles. The lowest BCUT2D eigenvalue weighted by Crippen LogP contribution is -2.13. The number of rotatable bonds is 4. The summed E-state index contributed by atoms with van der Waals surface area (Å²) in [6, 6.07) is 8.97. The van der Waals surface area contributed by atoms with Crippen molar-refractivity contribution in [1.29, 1.82) is 0 Å². The Bertz CT molecular complexity index is 594. The third kappa shape index (κ3) is 2.74. The number of hydrogen-bond acceptors (Lipinski definition) is 3. The van der Waals surface area contributed by atoms with E-state index in [0.717, 1.165) is 22.5 Å². The molecule has 98 valence electrons. The van der Waals surface area contributed by atoms with Gasteiger partial charge in [0.1, 0.15) is 0 Å². The molecule has 4 heteroatoms. The molecule has 0 fully saturated rings. The fourth-order valence-electron chi connectivity index (χ4n) is 1.74. The summed E-state index contributed by atoms with van der Waals surface area (Å²) in [4.78, 5) is 26.3. The van der Waals surface area contributed by atoms with E-state index in [1.165, 1.54) is 21.1 Å². The normalized spacial score (nSPS) is 10.3. The van der Waals surface area contributed by atoms with E-state index in [0.29, 0.717) is 5.56 Å². The van der Waals surface area contributed by atoms with E-state index >= 15 is 0 Å². The van der Waals surface area contributed by atoms with Gasteiger partial charge >= 0.3 is 0 Å². The van der Waals surface area contributed by atoms with E-state index < -0.39 is 0 Å². The van der Waals surface area contributed by atoms with Crippen LogP contribution in [0.2, 0.25) is 0 Å². The molecule has 2 rings (SSSR count). The van der Waals surface area contributed by atoms with Gasteiger partial charge in [-0.25, -0.2) is 0 Å². The molecular weight excluding hydrogens is 258 g/mol. The lowest BCUT2D eigenvalue weighted by molar-refractivity contribution is -0.107. The highest BCUT2D eigenvalue weighted by Crippen LogP contribution is 2.24. The standard InChI is InChI=1S/C15H15NO2S/c1-10-8-14(19-11(10)2)15(18)12-4-6-13(7-5-12)16(3)9-17/h4-9H,1-3H3. The van der Waals surface area contributed by atoms with Crippen LogP contribution in [-0.4, -0.2) is 19.2 Å². The first-order valence-corrected chi connectivity index (χ1v) is 6.74. The average molecular weight is 273 g/mol. The summed E-state index contributed by atoms with van der Waals surface area (Å²) in [5, 5.41) is 0. The highest BCUT2D eigenvalue weighted by molar-refractivity contribution is 7.14. The van der Waals surface area contributed by atoms with Gasteiger partial charge < -0.3 is 4.90 Å². The van der Waals surface area contributed by atoms with Crippen molar-refractivity contribution < 1.29 is 9.59 Å². The zero-order valence-corrected chi connectivity index (χ0v) is 12.0. The van der Waals surface area contributed by atoms with Crippen molar-refractivity contribution >= 4 is 29.2 Å². The lowest BCUT2D eigenvalue weighted by atomic mass is 10.1. The molecule has 0 aliphatic carbocycles. The minimum Gasteiger partial charge on any atom is -0.318 e. The largest absolute Gasteiger partial charge is 0.318 e. The van der Waals surface area contributed by atoms with Crippen LogP contribution in [0.1, 0.15) is 25.7 Å². The third-order valence-corrected chi connectivity index (χ3v) is 4.24. The molecule has 1 amide bonds. The molecule has 1 heterocycles. The number of carbonyl (C=O) groups is 2.